The molecule has 1 aliphatic rings. The summed E-state index contributed by atoms with van der Waals surface area (Å²) in [5.41, 5.74) is 0. The molecule has 2 N–H and O–H groups in total. The van der Waals surface area contributed by atoms with Crippen LogP contribution < -0.4 is 10.6 Å². The third-order valence-corrected chi connectivity index (χ3v) is 2.85. The minimum atomic E-state index is -0.000879. The number of carbonyl (C=O) groups is 1. The minimum Gasteiger partial charge on any atom is -0.469 e. The van der Waals surface area contributed by atoms with Crippen molar-refractivity contribution >= 4 is 5.91 Å². The van der Waals surface area contributed by atoms with Gasteiger partial charge in [0, 0.05) is 12.5 Å². The van der Waals surface area contributed by atoms with E-state index in [0.29, 0.717) is 0 Å². The first-order valence-corrected chi connectivity index (χ1v) is 5.82. The van der Waals surface area contributed by atoms with Gasteiger partial charge in [-0.15, -0.1) is 0 Å². The van der Waals surface area contributed by atoms with Crippen LogP contribution in [0.2, 0.25) is 0 Å². The van der Waals surface area contributed by atoms with Crippen molar-refractivity contribution in [2.75, 3.05) is 6.54 Å². The predicted molar refractivity (Wildman–Crippen MR) is 61.0 cm³/mol. The summed E-state index contributed by atoms with van der Waals surface area (Å²) in [6.45, 7) is 2.94. The van der Waals surface area contributed by atoms with E-state index in [1.54, 1.807) is 6.26 Å². The largest absolute Gasteiger partial charge is 0.469 e. The van der Waals surface area contributed by atoms with Crippen LogP contribution in [-0.4, -0.2) is 24.5 Å². The van der Waals surface area contributed by atoms with E-state index in [2.05, 4.69) is 10.6 Å². The van der Waals surface area contributed by atoms with Crippen molar-refractivity contribution in [1.82, 2.24) is 10.6 Å². The van der Waals surface area contributed by atoms with Crippen molar-refractivity contribution in [3.8, 4) is 0 Å². The Balaban J connectivity index is 1.78. The highest BCUT2D eigenvalue weighted by molar-refractivity contribution is 5.82. The third-order valence-electron chi connectivity index (χ3n) is 2.85. The second-order valence-electron chi connectivity index (χ2n) is 4.34. The summed E-state index contributed by atoms with van der Waals surface area (Å²) >= 11 is 0. The predicted octanol–water partition coefficient (Wildman–Crippen LogP) is 1.08. The number of hydrogen-bond donors (Lipinski definition) is 2. The summed E-state index contributed by atoms with van der Waals surface area (Å²) in [5.74, 6) is 1.02. The summed E-state index contributed by atoms with van der Waals surface area (Å²) in [6.07, 6.45) is 4.43. The fraction of sp³-hybridized carbons (Fsp3) is 0.583. The minimum absolute atomic E-state index is 0.000879. The van der Waals surface area contributed by atoms with Gasteiger partial charge in [-0.3, -0.25) is 4.79 Å². The normalized spacial score (nSPS) is 21.9. The van der Waals surface area contributed by atoms with E-state index >= 15 is 0 Å². The molecule has 0 saturated carbocycles. The molecule has 0 bridgehead atoms. The molecule has 4 nitrogen and oxygen atoms in total. The van der Waals surface area contributed by atoms with Crippen molar-refractivity contribution in [2.45, 2.75) is 38.3 Å². The van der Waals surface area contributed by atoms with Gasteiger partial charge < -0.3 is 15.1 Å². The van der Waals surface area contributed by atoms with Crippen LogP contribution in [0.4, 0.5) is 0 Å². The Morgan fingerprint density at radius 1 is 1.75 bits per heavy atom. The molecular weight excluding hydrogens is 204 g/mol. The second-order valence-corrected chi connectivity index (χ2v) is 4.34. The lowest BCUT2D eigenvalue weighted by Gasteiger charge is -2.16. The zero-order valence-electron chi connectivity index (χ0n) is 9.53. The standard InChI is InChI=1S/C12H18N2O2/c1-9(8-10-4-3-7-16-10)14-12(15)11-5-2-6-13-11/h3-4,7,9,11,13H,2,5-6,8H2,1H3,(H,14,15). The first kappa shape index (κ1) is 11.2. The van der Waals surface area contributed by atoms with Crippen LogP contribution in [-0.2, 0) is 11.2 Å². The van der Waals surface area contributed by atoms with Gasteiger partial charge in [0.05, 0.1) is 12.3 Å². The van der Waals surface area contributed by atoms with Gasteiger partial charge in [-0.25, -0.2) is 0 Å². The molecule has 88 valence electrons. The molecule has 4 heteroatoms. The molecule has 16 heavy (non-hydrogen) atoms. The number of nitrogens with one attached hydrogen (secondary N) is 2. The van der Waals surface area contributed by atoms with E-state index in [1.165, 1.54) is 0 Å². The van der Waals surface area contributed by atoms with E-state index in [1.807, 2.05) is 19.1 Å². The van der Waals surface area contributed by atoms with Gasteiger partial charge >= 0.3 is 0 Å². The van der Waals surface area contributed by atoms with Gasteiger partial charge in [-0.1, -0.05) is 0 Å². The topological polar surface area (TPSA) is 54.3 Å². The fourth-order valence-electron chi connectivity index (χ4n) is 2.03. The smallest absolute Gasteiger partial charge is 0.237 e. The Hall–Kier alpha value is -1.29. The maximum Gasteiger partial charge on any atom is 0.237 e. The molecule has 1 aromatic rings. The number of amides is 1. The van der Waals surface area contributed by atoms with Crippen LogP contribution in [0, 0.1) is 0 Å². The van der Waals surface area contributed by atoms with Crippen LogP contribution in [0.15, 0.2) is 22.8 Å². The number of hydrogen-bond acceptors (Lipinski definition) is 3. The molecule has 2 unspecified atom stereocenters. The van der Waals surface area contributed by atoms with E-state index in [0.717, 1.165) is 31.6 Å². The van der Waals surface area contributed by atoms with Crippen LogP contribution in [0.25, 0.3) is 0 Å². The summed E-state index contributed by atoms with van der Waals surface area (Å²) in [4.78, 5) is 11.8. The van der Waals surface area contributed by atoms with Crippen LogP contribution in [0.5, 0.6) is 0 Å². The van der Waals surface area contributed by atoms with Crippen LogP contribution >= 0.6 is 0 Å². The lowest BCUT2D eigenvalue weighted by molar-refractivity contribution is -0.123. The molecule has 0 aliphatic carbocycles. The lowest BCUT2D eigenvalue weighted by atomic mass is 10.1. The first-order valence-electron chi connectivity index (χ1n) is 5.82. The van der Waals surface area contributed by atoms with Crippen molar-refractivity contribution in [3.05, 3.63) is 24.2 Å². The fourth-order valence-corrected chi connectivity index (χ4v) is 2.03. The maximum atomic E-state index is 11.8. The lowest BCUT2D eigenvalue weighted by Crippen LogP contribution is -2.44. The average molecular weight is 222 g/mol. The number of carbonyl (C=O) groups excluding carboxylic acids is 1. The Bertz CT molecular complexity index is 329. The average Bonchev–Trinajstić information content (AvgIpc) is 2.88. The second kappa shape index (κ2) is 5.16. The van der Waals surface area contributed by atoms with Gasteiger partial charge in [-0.05, 0) is 38.4 Å². The van der Waals surface area contributed by atoms with E-state index in [9.17, 15) is 4.79 Å². The molecule has 1 saturated heterocycles. The van der Waals surface area contributed by atoms with Gasteiger partial charge in [0.25, 0.3) is 0 Å². The van der Waals surface area contributed by atoms with Crippen molar-refractivity contribution in [3.63, 3.8) is 0 Å². The molecule has 1 aliphatic heterocycles. The van der Waals surface area contributed by atoms with Crippen molar-refractivity contribution < 1.29 is 9.21 Å². The Labute approximate surface area is 95.4 Å². The SMILES string of the molecule is CC(Cc1ccco1)NC(=O)C1CCCN1. The first-order chi connectivity index (χ1) is 7.75. The molecule has 1 aromatic heterocycles. The summed E-state index contributed by atoms with van der Waals surface area (Å²) in [5, 5.41) is 6.18. The highest BCUT2D eigenvalue weighted by Gasteiger charge is 2.23. The van der Waals surface area contributed by atoms with E-state index in [-0.39, 0.29) is 18.0 Å². The van der Waals surface area contributed by atoms with Gasteiger partial charge in [0.1, 0.15) is 5.76 Å². The molecule has 2 atom stereocenters. The molecule has 0 aromatic carbocycles. The molecular formula is C12H18N2O2. The Morgan fingerprint density at radius 2 is 2.62 bits per heavy atom. The zero-order valence-corrected chi connectivity index (χ0v) is 9.53. The van der Waals surface area contributed by atoms with Crippen molar-refractivity contribution in [1.29, 1.82) is 0 Å². The van der Waals surface area contributed by atoms with Crippen LogP contribution in [0.1, 0.15) is 25.5 Å². The van der Waals surface area contributed by atoms with Gasteiger partial charge in [-0.2, -0.15) is 0 Å². The summed E-state index contributed by atoms with van der Waals surface area (Å²) < 4.78 is 5.24. The molecule has 0 spiro atoms. The highest BCUT2D eigenvalue weighted by Crippen LogP contribution is 2.07. The quantitative estimate of drug-likeness (QED) is 0.801. The van der Waals surface area contributed by atoms with Gasteiger partial charge in [0.2, 0.25) is 5.91 Å². The zero-order chi connectivity index (χ0) is 11.4. The molecule has 2 rings (SSSR count). The monoisotopic (exact) mass is 222 g/mol. The van der Waals surface area contributed by atoms with Gasteiger partial charge in [0.15, 0.2) is 0 Å². The molecule has 2 heterocycles. The highest BCUT2D eigenvalue weighted by atomic mass is 16.3. The van der Waals surface area contributed by atoms with E-state index < -0.39 is 0 Å². The van der Waals surface area contributed by atoms with E-state index in [4.69, 9.17) is 4.42 Å². The third kappa shape index (κ3) is 2.85. The van der Waals surface area contributed by atoms with Crippen LogP contribution in [0.3, 0.4) is 0 Å². The van der Waals surface area contributed by atoms with Crippen molar-refractivity contribution in [2.24, 2.45) is 0 Å². The number of furan rings is 1. The molecule has 1 fully saturated rings. The Kier molecular flexibility index (Phi) is 3.62. The Morgan fingerprint density at radius 3 is 3.25 bits per heavy atom. The summed E-state index contributed by atoms with van der Waals surface area (Å²) in [6, 6.07) is 3.90. The maximum absolute atomic E-state index is 11.8. The number of rotatable bonds is 4. The summed E-state index contributed by atoms with van der Waals surface area (Å²) in [7, 11) is 0. The molecule has 1 amide bonds. The molecule has 0 radical (unpaired) electrons.